The van der Waals surface area contributed by atoms with E-state index in [1.54, 1.807) is 0 Å². The molecule has 0 unspecified atom stereocenters. The molecule has 0 saturated heterocycles. The smallest absolute Gasteiger partial charge is 0.241 e. The van der Waals surface area contributed by atoms with Crippen LogP contribution in [0, 0.1) is 13.8 Å². The van der Waals surface area contributed by atoms with Crippen LogP contribution in [0.25, 0.3) is 10.8 Å². The number of carbonyl (C=O) groups excluding carboxylic acids is 1. The van der Waals surface area contributed by atoms with E-state index in [-0.39, 0.29) is 11.8 Å². The van der Waals surface area contributed by atoms with Crippen molar-refractivity contribution in [2.75, 3.05) is 0 Å². The summed E-state index contributed by atoms with van der Waals surface area (Å²) in [5.41, 5.74) is 5.65. The zero-order chi connectivity index (χ0) is 13.3. The van der Waals surface area contributed by atoms with Crippen LogP contribution in [0.15, 0.2) is 30.3 Å². The van der Waals surface area contributed by atoms with E-state index >= 15 is 0 Å². The van der Waals surface area contributed by atoms with Gasteiger partial charge in [0, 0.05) is 0 Å². The number of benzene rings is 2. The number of amides is 1. The summed E-state index contributed by atoms with van der Waals surface area (Å²) in [4.78, 5) is 11.6. The minimum absolute atomic E-state index is 0.167. The highest BCUT2D eigenvalue weighted by atomic mass is 16.2. The Morgan fingerprint density at radius 3 is 2.33 bits per heavy atom. The summed E-state index contributed by atoms with van der Waals surface area (Å²) in [5.74, 6) is 4.77. The summed E-state index contributed by atoms with van der Waals surface area (Å²) in [5, 5.41) is 2.43. The second-order valence-corrected chi connectivity index (χ2v) is 4.73. The molecule has 0 bridgehead atoms. The lowest BCUT2D eigenvalue weighted by atomic mass is 9.94. The number of fused-ring (bicyclic) bond motifs is 1. The standard InChI is InChI=1S/C15H18N2O/c1-9-4-5-10(2)14-8-12(6-7-13(9)14)11(3)15(18)17-16/h4-8,11H,16H2,1-3H3,(H,17,18)/t11-/m0/s1. The molecule has 0 aromatic heterocycles. The zero-order valence-electron chi connectivity index (χ0n) is 10.9. The molecule has 1 atom stereocenters. The van der Waals surface area contributed by atoms with Crippen molar-refractivity contribution in [3.8, 4) is 0 Å². The van der Waals surface area contributed by atoms with E-state index in [0.717, 1.165) is 5.56 Å². The van der Waals surface area contributed by atoms with Crippen molar-refractivity contribution in [2.24, 2.45) is 5.84 Å². The monoisotopic (exact) mass is 242 g/mol. The van der Waals surface area contributed by atoms with Gasteiger partial charge in [0.05, 0.1) is 5.92 Å². The molecule has 0 fully saturated rings. The van der Waals surface area contributed by atoms with Gasteiger partial charge in [0.25, 0.3) is 0 Å². The van der Waals surface area contributed by atoms with Crippen LogP contribution in [0.4, 0.5) is 0 Å². The quantitative estimate of drug-likeness (QED) is 0.483. The van der Waals surface area contributed by atoms with Crippen LogP contribution in [-0.4, -0.2) is 5.91 Å². The minimum Gasteiger partial charge on any atom is -0.294 e. The Hall–Kier alpha value is -1.87. The van der Waals surface area contributed by atoms with E-state index in [2.05, 4.69) is 43.5 Å². The lowest BCUT2D eigenvalue weighted by Crippen LogP contribution is -2.33. The van der Waals surface area contributed by atoms with Gasteiger partial charge in [-0.3, -0.25) is 10.2 Å². The van der Waals surface area contributed by atoms with E-state index in [1.807, 2.05) is 13.0 Å². The third kappa shape index (κ3) is 2.09. The van der Waals surface area contributed by atoms with E-state index in [1.165, 1.54) is 21.9 Å². The van der Waals surface area contributed by atoms with Crippen molar-refractivity contribution in [2.45, 2.75) is 26.7 Å². The molecule has 94 valence electrons. The third-order valence-electron chi connectivity index (χ3n) is 3.51. The molecule has 2 aromatic rings. The molecular formula is C15H18N2O. The Morgan fingerprint density at radius 1 is 1.11 bits per heavy atom. The molecule has 2 rings (SSSR count). The third-order valence-corrected chi connectivity index (χ3v) is 3.51. The molecule has 0 saturated carbocycles. The normalized spacial score (nSPS) is 12.4. The van der Waals surface area contributed by atoms with E-state index < -0.39 is 0 Å². The average Bonchev–Trinajstić information content (AvgIpc) is 2.41. The van der Waals surface area contributed by atoms with Gasteiger partial charge in [-0.2, -0.15) is 0 Å². The lowest BCUT2D eigenvalue weighted by molar-refractivity contribution is -0.122. The van der Waals surface area contributed by atoms with Crippen molar-refractivity contribution in [3.63, 3.8) is 0 Å². The van der Waals surface area contributed by atoms with Crippen LogP contribution >= 0.6 is 0 Å². The van der Waals surface area contributed by atoms with Gasteiger partial charge in [0.2, 0.25) is 5.91 Å². The summed E-state index contributed by atoms with van der Waals surface area (Å²) >= 11 is 0. The Bertz CT molecular complexity index is 605. The highest BCUT2D eigenvalue weighted by Crippen LogP contribution is 2.26. The number of nitrogens with one attached hydrogen (secondary N) is 1. The Labute approximate surface area is 107 Å². The van der Waals surface area contributed by atoms with Crippen LogP contribution in [0.2, 0.25) is 0 Å². The van der Waals surface area contributed by atoms with Gasteiger partial charge in [-0.25, -0.2) is 5.84 Å². The van der Waals surface area contributed by atoms with Gasteiger partial charge in [-0.1, -0.05) is 30.3 Å². The fourth-order valence-electron chi connectivity index (χ4n) is 2.21. The minimum atomic E-state index is -0.237. The number of hydrogen-bond donors (Lipinski definition) is 2. The molecule has 0 spiro atoms. The molecule has 0 aliphatic carbocycles. The summed E-state index contributed by atoms with van der Waals surface area (Å²) in [6, 6.07) is 10.4. The van der Waals surface area contributed by atoms with Crippen molar-refractivity contribution in [1.29, 1.82) is 0 Å². The number of hydrogen-bond acceptors (Lipinski definition) is 2. The number of hydrazine groups is 1. The molecule has 0 aliphatic rings. The predicted molar refractivity (Wildman–Crippen MR) is 74.2 cm³/mol. The second-order valence-electron chi connectivity index (χ2n) is 4.73. The Balaban J connectivity index is 2.57. The molecule has 0 heterocycles. The first kappa shape index (κ1) is 12.6. The topological polar surface area (TPSA) is 55.1 Å². The Morgan fingerprint density at radius 2 is 1.72 bits per heavy atom. The van der Waals surface area contributed by atoms with E-state index in [4.69, 9.17) is 5.84 Å². The summed E-state index contributed by atoms with van der Waals surface area (Å²) in [6.45, 7) is 6.03. The van der Waals surface area contributed by atoms with Crippen molar-refractivity contribution in [3.05, 3.63) is 47.0 Å². The molecule has 3 heteroatoms. The SMILES string of the molecule is Cc1ccc(C)c2cc([C@H](C)C(=O)NN)ccc12. The van der Waals surface area contributed by atoms with Crippen molar-refractivity contribution in [1.82, 2.24) is 5.43 Å². The first-order valence-corrected chi connectivity index (χ1v) is 6.05. The maximum Gasteiger partial charge on any atom is 0.241 e. The Kier molecular flexibility index (Phi) is 3.34. The highest BCUT2D eigenvalue weighted by Gasteiger charge is 2.14. The molecule has 3 nitrogen and oxygen atoms in total. The summed E-state index contributed by atoms with van der Waals surface area (Å²) in [7, 11) is 0. The van der Waals surface area contributed by atoms with E-state index in [9.17, 15) is 4.79 Å². The molecule has 0 radical (unpaired) electrons. The maximum absolute atomic E-state index is 11.6. The van der Waals surface area contributed by atoms with Crippen LogP contribution < -0.4 is 11.3 Å². The summed E-state index contributed by atoms with van der Waals surface area (Å²) in [6.07, 6.45) is 0. The van der Waals surface area contributed by atoms with Crippen molar-refractivity contribution >= 4 is 16.7 Å². The van der Waals surface area contributed by atoms with Gasteiger partial charge < -0.3 is 0 Å². The molecule has 0 aliphatic heterocycles. The second kappa shape index (κ2) is 4.78. The number of rotatable bonds is 2. The molecule has 1 amide bonds. The molecule has 18 heavy (non-hydrogen) atoms. The van der Waals surface area contributed by atoms with Crippen molar-refractivity contribution < 1.29 is 4.79 Å². The van der Waals surface area contributed by atoms with Gasteiger partial charge in [-0.05, 0) is 48.2 Å². The fraction of sp³-hybridized carbons (Fsp3) is 0.267. The maximum atomic E-state index is 11.6. The van der Waals surface area contributed by atoms with Crippen LogP contribution in [-0.2, 0) is 4.79 Å². The first-order chi connectivity index (χ1) is 8.54. The number of carbonyl (C=O) groups is 1. The number of aryl methyl sites for hydroxylation is 2. The highest BCUT2D eigenvalue weighted by molar-refractivity contribution is 5.91. The van der Waals surface area contributed by atoms with Gasteiger partial charge >= 0.3 is 0 Å². The van der Waals surface area contributed by atoms with Crippen LogP contribution in [0.5, 0.6) is 0 Å². The van der Waals surface area contributed by atoms with E-state index in [0.29, 0.717) is 0 Å². The summed E-state index contributed by atoms with van der Waals surface area (Å²) < 4.78 is 0. The first-order valence-electron chi connectivity index (χ1n) is 6.05. The molecule has 2 aromatic carbocycles. The predicted octanol–water partition coefficient (Wildman–Crippen LogP) is 2.55. The lowest BCUT2D eigenvalue weighted by Gasteiger charge is -2.13. The molecular weight excluding hydrogens is 224 g/mol. The average molecular weight is 242 g/mol. The number of nitrogens with two attached hydrogens (primary N) is 1. The van der Waals surface area contributed by atoms with Crippen LogP contribution in [0.1, 0.15) is 29.5 Å². The zero-order valence-corrected chi connectivity index (χ0v) is 10.9. The molecule has 3 N–H and O–H groups in total. The largest absolute Gasteiger partial charge is 0.294 e. The van der Waals surface area contributed by atoms with Gasteiger partial charge in [-0.15, -0.1) is 0 Å². The van der Waals surface area contributed by atoms with Crippen LogP contribution in [0.3, 0.4) is 0 Å². The van der Waals surface area contributed by atoms with Gasteiger partial charge in [0.1, 0.15) is 0 Å². The fourth-order valence-corrected chi connectivity index (χ4v) is 2.21. The van der Waals surface area contributed by atoms with Gasteiger partial charge in [0.15, 0.2) is 0 Å².